The van der Waals surface area contributed by atoms with Crippen LogP contribution in [0.5, 0.6) is 5.75 Å². The van der Waals surface area contributed by atoms with E-state index < -0.39 is 23.8 Å². The molecule has 0 N–H and O–H groups in total. The fourth-order valence-corrected chi connectivity index (χ4v) is 3.83. The van der Waals surface area contributed by atoms with E-state index in [4.69, 9.17) is 21.1 Å². The highest BCUT2D eigenvalue weighted by Crippen LogP contribution is 2.37. The van der Waals surface area contributed by atoms with E-state index in [9.17, 15) is 22.4 Å². The van der Waals surface area contributed by atoms with Gasteiger partial charge in [-0.3, -0.25) is 4.57 Å². The van der Waals surface area contributed by atoms with Crippen LogP contribution in [0.15, 0.2) is 53.5 Å². The van der Waals surface area contributed by atoms with Crippen molar-refractivity contribution >= 4 is 22.4 Å². The van der Waals surface area contributed by atoms with Gasteiger partial charge in [0.05, 0.1) is 23.9 Å². The minimum atomic E-state index is -4.69. The van der Waals surface area contributed by atoms with Gasteiger partial charge in [-0.15, -0.1) is 5.10 Å². The fourth-order valence-electron chi connectivity index (χ4n) is 3.59. The van der Waals surface area contributed by atoms with Crippen LogP contribution in [0.3, 0.4) is 0 Å². The lowest BCUT2D eigenvalue weighted by molar-refractivity contribution is -0.188. The van der Waals surface area contributed by atoms with Gasteiger partial charge in [-0.05, 0) is 25.5 Å². The molecule has 0 bridgehead atoms. The molecule has 0 amide bonds. The second-order valence-corrected chi connectivity index (χ2v) is 8.26. The number of pyridine rings is 1. The summed E-state index contributed by atoms with van der Waals surface area (Å²) in [6.45, 7) is 3.08. The first kappa shape index (κ1) is 25.6. The molecule has 2 aromatic heterocycles. The van der Waals surface area contributed by atoms with Gasteiger partial charge in [0.1, 0.15) is 23.3 Å². The van der Waals surface area contributed by atoms with Crippen molar-refractivity contribution in [1.29, 1.82) is 0 Å². The summed E-state index contributed by atoms with van der Waals surface area (Å²) in [4.78, 5) is 16.8. The van der Waals surface area contributed by atoms with Crippen molar-refractivity contribution in [3.05, 3.63) is 81.5 Å². The van der Waals surface area contributed by atoms with E-state index in [1.54, 1.807) is 6.92 Å². The van der Waals surface area contributed by atoms with Gasteiger partial charge >= 0.3 is 11.9 Å². The van der Waals surface area contributed by atoms with E-state index in [2.05, 4.69) is 10.1 Å². The zero-order valence-corrected chi connectivity index (χ0v) is 20.0. The van der Waals surface area contributed by atoms with Gasteiger partial charge in [0.2, 0.25) is 0 Å². The first-order valence-electron chi connectivity index (χ1n) is 10.9. The van der Waals surface area contributed by atoms with Crippen molar-refractivity contribution in [2.75, 3.05) is 0 Å². The van der Waals surface area contributed by atoms with E-state index in [1.165, 1.54) is 10.6 Å². The van der Waals surface area contributed by atoms with Crippen molar-refractivity contribution in [1.82, 2.24) is 19.3 Å². The predicted octanol–water partition coefficient (Wildman–Crippen LogP) is 5.44. The highest BCUT2D eigenvalue weighted by molar-refractivity contribution is 6.34. The number of ether oxygens (including phenoxy) is 2. The van der Waals surface area contributed by atoms with Crippen LogP contribution in [-0.4, -0.2) is 31.6 Å². The van der Waals surface area contributed by atoms with Crippen LogP contribution < -0.4 is 10.4 Å². The van der Waals surface area contributed by atoms with Crippen molar-refractivity contribution < 1.29 is 27.0 Å². The Balaban J connectivity index is 1.76. The lowest BCUT2D eigenvalue weighted by atomic mass is 10.1. The number of benzene rings is 2. The molecule has 4 rings (SSSR count). The zero-order valence-electron chi connectivity index (χ0n) is 19.2. The van der Waals surface area contributed by atoms with Crippen molar-refractivity contribution in [2.45, 2.75) is 45.9 Å². The Labute approximate surface area is 207 Å². The number of nitrogens with zero attached hydrogens (tertiary/aromatic N) is 4. The Bertz CT molecular complexity index is 1440. The average Bonchev–Trinajstić information content (AvgIpc) is 3.16. The van der Waals surface area contributed by atoms with Crippen LogP contribution in [0.1, 0.15) is 25.2 Å². The second-order valence-electron chi connectivity index (χ2n) is 7.90. The van der Waals surface area contributed by atoms with Crippen LogP contribution in [-0.2, 0) is 24.5 Å². The standard InChI is InChI=1S/C24H21ClF4N4O3/c1-3-32-20(13-35-12-15-7-5-4-6-8-15)31-33(23(32)34)16-9-17-18(26)11-30-22(25)21(17)19(10-16)36-14(2)24(27,28)29/h4-11,14H,3,12-13H2,1-2H3. The van der Waals surface area contributed by atoms with Gasteiger partial charge in [0.15, 0.2) is 11.9 Å². The van der Waals surface area contributed by atoms with Crippen LogP contribution in [0, 0.1) is 5.82 Å². The lowest BCUT2D eigenvalue weighted by Gasteiger charge is -2.20. The summed E-state index contributed by atoms with van der Waals surface area (Å²) in [5.41, 5.74) is 0.346. The normalized spacial score (nSPS) is 12.8. The maximum Gasteiger partial charge on any atom is 0.425 e. The molecule has 190 valence electrons. The third kappa shape index (κ3) is 5.21. The van der Waals surface area contributed by atoms with E-state index in [1.807, 2.05) is 30.3 Å². The summed E-state index contributed by atoms with van der Waals surface area (Å²) in [6.07, 6.45) is -6.09. The molecule has 12 heteroatoms. The van der Waals surface area contributed by atoms with Crippen LogP contribution >= 0.6 is 11.6 Å². The summed E-state index contributed by atoms with van der Waals surface area (Å²) in [7, 11) is 0. The molecule has 2 heterocycles. The van der Waals surface area contributed by atoms with Gasteiger partial charge < -0.3 is 9.47 Å². The Morgan fingerprint density at radius 3 is 2.53 bits per heavy atom. The second kappa shape index (κ2) is 10.3. The molecule has 0 aliphatic rings. The smallest absolute Gasteiger partial charge is 0.425 e. The minimum absolute atomic E-state index is 0.00285. The highest BCUT2D eigenvalue weighted by atomic mass is 35.5. The minimum Gasteiger partial charge on any atom is -0.480 e. The van der Waals surface area contributed by atoms with Crippen molar-refractivity contribution in [2.24, 2.45) is 0 Å². The maximum absolute atomic E-state index is 14.7. The molecule has 1 unspecified atom stereocenters. The van der Waals surface area contributed by atoms with Crippen LogP contribution in [0.2, 0.25) is 5.15 Å². The zero-order chi connectivity index (χ0) is 26.0. The van der Waals surface area contributed by atoms with Gasteiger partial charge in [0, 0.05) is 18.0 Å². The van der Waals surface area contributed by atoms with E-state index in [0.717, 1.165) is 29.4 Å². The maximum atomic E-state index is 14.7. The molecule has 7 nitrogen and oxygen atoms in total. The largest absolute Gasteiger partial charge is 0.480 e. The van der Waals surface area contributed by atoms with Crippen LogP contribution in [0.25, 0.3) is 16.5 Å². The topological polar surface area (TPSA) is 71.2 Å². The Morgan fingerprint density at radius 1 is 1.14 bits per heavy atom. The first-order chi connectivity index (χ1) is 17.1. The van der Waals surface area contributed by atoms with Crippen LogP contribution in [0.4, 0.5) is 17.6 Å². The SMILES string of the molecule is CCn1c(COCc2ccccc2)nn(-c2cc(OC(C)C(F)(F)F)c3c(Cl)ncc(F)c3c2)c1=O. The number of hydrogen-bond donors (Lipinski definition) is 0. The number of aromatic nitrogens is 4. The van der Waals surface area contributed by atoms with E-state index in [0.29, 0.717) is 0 Å². The quantitative estimate of drug-likeness (QED) is 0.227. The lowest BCUT2D eigenvalue weighted by Crippen LogP contribution is -2.31. The molecule has 0 saturated heterocycles. The highest BCUT2D eigenvalue weighted by Gasteiger charge is 2.38. The molecule has 0 fully saturated rings. The molecule has 0 spiro atoms. The van der Waals surface area contributed by atoms with Gasteiger partial charge in [0.25, 0.3) is 0 Å². The summed E-state index contributed by atoms with van der Waals surface area (Å²) in [5, 5.41) is 3.74. The molecule has 0 radical (unpaired) electrons. The molecule has 0 saturated carbocycles. The van der Waals surface area contributed by atoms with Gasteiger partial charge in [-0.2, -0.15) is 17.9 Å². The van der Waals surface area contributed by atoms with E-state index in [-0.39, 0.29) is 52.9 Å². The number of alkyl halides is 3. The first-order valence-corrected chi connectivity index (χ1v) is 11.3. The van der Waals surface area contributed by atoms with Crippen molar-refractivity contribution in [3.63, 3.8) is 0 Å². The molecule has 36 heavy (non-hydrogen) atoms. The number of halogens is 5. The van der Waals surface area contributed by atoms with Gasteiger partial charge in [-0.1, -0.05) is 41.9 Å². The molecule has 1 atom stereocenters. The Morgan fingerprint density at radius 2 is 1.86 bits per heavy atom. The summed E-state index contributed by atoms with van der Waals surface area (Å²) in [5.74, 6) is -0.947. The molecule has 0 aliphatic carbocycles. The number of fused-ring (bicyclic) bond motifs is 1. The third-order valence-electron chi connectivity index (χ3n) is 5.45. The average molecular weight is 525 g/mol. The summed E-state index contributed by atoms with van der Waals surface area (Å²) in [6, 6.07) is 11.8. The summed E-state index contributed by atoms with van der Waals surface area (Å²) < 4.78 is 67.4. The molecule has 0 aliphatic heterocycles. The molecule has 2 aromatic carbocycles. The van der Waals surface area contributed by atoms with Gasteiger partial charge in [-0.25, -0.2) is 14.2 Å². The predicted molar refractivity (Wildman–Crippen MR) is 125 cm³/mol. The summed E-state index contributed by atoms with van der Waals surface area (Å²) >= 11 is 6.08. The monoisotopic (exact) mass is 524 g/mol. The number of rotatable bonds is 8. The molecule has 4 aromatic rings. The molecular formula is C24H21ClF4N4O3. The van der Waals surface area contributed by atoms with E-state index >= 15 is 0 Å². The van der Waals surface area contributed by atoms with Crippen molar-refractivity contribution in [3.8, 4) is 11.4 Å². The Kier molecular flexibility index (Phi) is 7.32. The number of hydrogen-bond acceptors (Lipinski definition) is 5. The fraction of sp³-hybridized carbons (Fsp3) is 0.292. The third-order valence-corrected chi connectivity index (χ3v) is 5.74. The Hall–Kier alpha value is -3.44. The molecular weight excluding hydrogens is 504 g/mol.